The normalized spacial score (nSPS) is 11.2. The lowest BCUT2D eigenvalue weighted by Crippen LogP contribution is -2.38. The van der Waals surface area contributed by atoms with Gasteiger partial charge in [-0.15, -0.1) is 0 Å². The van der Waals surface area contributed by atoms with Crippen LogP contribution in [-0.2, 0) is 14.6 Å². The number of hydrogen-bond donors (Lipinski definition) is 1. The Bertz CT molecular complexity index is 1040. The van der Waals surface area contributed by atoms with E-state index >= 15 is 0 Å². The highest BCUT2D eigenvalue weighted by Gasteiger charge is 2.22. The lowest BCUT2D eigenvalue weighted by atomic mass is 10.2. The van der Waals surface area contributed by atoms with Crippen molar-refractivity contribution in [1.82, 2.24) is 4.90 Å². The van der Waals surface area contributed by atoms with Crippen molar-refractivity contribution in [2.24, 2.45) is 0 Å². The number of benzene rings is 2. The third kappa shape index (κ3) is 6.34. The molecule has 1 N–H and O–H groups in total. The van der Waals surface area contributed by atoms with Crippen LogP contribution in [0.4, 0.5) is 5.69 Å². The van der Waals surface area contributed by atoms with Crippen molar-refractivity contribution in [1.29, 1.82) is 0 Å². The van der Waals surface area contributed by atoms with Gasteiger partial charge in [0, 0.05) is 23.4 Å². The molecule has 6 nitrogen and oxygen atoms in total. The molecule has 0 radical (unpaired) electrons. The maximum atomic E-state index is 12.9. The van der Waals surface area contributed by atoms with Gasteiger partial charge in [0.2, 0.25) is 5.91 Å². The van der Waals surface area contributed by atoms with Gasteiger partial charge in [0.1, 0.15) is 6.54 Å². The highest BCUT2D eigenvalue weighted by atomic mass is 35.5. The highest BCUT2D eigenvalue weighted by molar-refractivity contribution is 7.90. The zero-order valence-corrected chi connectivity index (χ0v) is 18.8. The Morgan fingerprint density at radius 2 is 1.72 bits per heavy atom. The van der Waals surface area contributed by atoms with Crippen molar-refractivity contribution in [3.05, 3.63) is 57.0 Å². The predicted molar refractivity (Wildman–Crippen MR) is 116 cm³/mol. The number of nitrogens with zero attached hydrogens (tertiary/aromatic N) is 1. The first-order valence-electron chi connectivity index (χ1n) is 8.56. The van der Waals surface area contributed by atoms with Gasteiger partial charge in [-0.1, -0.05) is 41.7 Å². The Hall–Kier alpha value is -1.80. The van der Waals surface area contributed by atoms with Crippen molar-refractivity contribution < 1.29 is 18.0 Å². The van der Waals surface area contributed by atoms with Crippen molar-refractivity contribution in [2.75, 3.05) is 24.7 Å². The quantitative estimate of drug-likeness (QED) is 0.634. The number of amides is 2. The molecule has 0 aliphatic rings. The van der Waals surface area contributed by atoms with E-state index in [1.165, 1.54) is 29.2 Å². The minimum absolute atomic E-state index is 0.0289. The first-order valence-corrected chi connectivity index (χ1v) is 11.6. The average Bonchev–Trinajstić information content (AvgIpc) is 2.62. The summed E-state index contributed by atoms with van der Waals surface area (Å²) in [7, 11) is -3.61. The number of rotatable bonds is 7. The smallest absolute Gasteiger partial charge is 0.254 e. The van der Waals surface area contributed by atoms with Crippen LogP contribution in [-0.4, -0.2) is 44.5 Å². The summed E-state index contributed by atoms with van der Waals surface area (Å²) in [6.07, 6.45) is 1.61. The maximum absolute atomic E-state index is 12.9. The molecule has 0 aromatic heterocycles. The van der Waals surface area contributed by atoms with E-state index in [2.05, 4.69) is 5.32 Å². The number of halogens is 3. The maximum Gasteiger partial charge on any atom is 0.254 e. The zero-order chi connectivity index (χ0) is 21.8. The highest BCUT2D eigenvalue weighted by Crippen LogP contribution is 2.26. The summed E-state index contributed by atoms with van der Waals surface area (Å²) in [5.41, 5.74) is 0.497. The molecule has 0 saturated carbocycles. The van der Waals surface area contributed by atoms with Gasteiger partial charge < -0.3 is 10.2 Å². The molecule has 10 heteroatoms. The Balaban J connectivity index is 2.22. The Kier molecular flexibility index (Phi) is 7.94. The molecule has 0 atom stereocenters. The predicted octanol–water partition coefficient (Wildman–Crippen LogP) is 4.54. The fourth-order valence-corrected chi connectivity index (χ4v) is 4.34. The van der Waals surface area contributed by atoms with Crippen LogP contribution < -0.4 is 5.32 Å². The number of sulfone groups is 1. The first-order chi connectivity index (χ1) is 13.5. The largest absolute Gasteiger partial charge is 0.329 e. The van der Waals surface area contributed by atoms with E-state index in [-0.39, 0.29) is 27.0 Å². The molecule has 29 heavy (non-hydrogen) atoms. The van der Waals surface area contributed by atoms with Crippen LogP contribution in [0.25, 0.3) is 0 Å². The van der Waals surface area contributed by atoms with Gasteiger partial charge in [-0.2, -0.15) is 0 Å². The van der Waals surface area contributed by atoms with E-state index in [0.29, 0.717) is 23.7 Å². The van der Waals surface area contributed by atoms with Gasteiger partial charge in [-0.3, -0.25) is 9.59 Å². The molecule has 0 heterocycles. The van der Waals surface area contributed by atoms with Crippen LogP contribution in [0, 0.1) is 0 Å². The fourth-order valence-electron chi connectivity index (χ4n) is 2.58. The summed E-state index contributed by atoms with van der Waals surface area (Å²) in [4.78, 5) is 26.5. The van der Waals surface area contributed by atoms with E-state index in [4.69, 9.17) is 34.8 Å². The molecule has 2 aromatic rings. The lowest BCUT2D eigenvalue weighted by molar-refractivity contribution is -0.116. The molecule has 0 bridgehead atoms. The minimum atomic E-state index is -3.61. The standard InChI is InChI=1S/C19H19Cl3N2O4S/c1-3-8-24(11-18(25)23-16-7-5-13(20)10-15(16)22)19(26)12-4-6-14(21)17(9-12)29(2,27)28/h4-7,9-10H,3,8,11H2,1-2H3,(H,23,25). The van der Waals surface area contributed by atoms with Gasteiger partial charge in [-0.05, 0) is 42.8 Å². The molecule has 0 saturated heterocycles. The Labute approximate surface area is 184 Å². The number of carbonyl (C=O) groups is 2. The van der Waals surface area contributed by atoms with Crippen LogP contribution in [0.15, 0.2) is 41.3 Å². The summed E-state index contributed by atoms with van der Waals surface area (Å²) in [5, 5.41) is 3.37. The third-order valence-electron chi connectivity index (χ3n) is 3.90. The van der Waals surface area contributed by atoms with Gasteiger partial charge in [-0.25, -0.2) is 8.42 Å². The third-order valence-corrected chi connectivity index (χ3v) is 6.02. The van der Waals surface area contributed by atoms with Crippen LogP contribution in [0.3, 0.4) is 0 Å². The van der Waals surface area contributed by atoms with Crippen LogP contribution in [0.5, 0.6) is 0 Å². The molecule has 0 unspecified atom stereocenters. The number of carbonyl (C=O) groups excluding carboxylic acids is 2. The van der Waals surface area contributed by atoms with Crippen molar-refractivity contribution in [3.63, 3.8) is 0 Å². The molecule has 0 spiro atoms. The average molecular weight is 478 g/mol. The van der Waals surface area contributed by atoms with Gasteiger partial charge in [0.05, 0.1) is 20.6 Å². The fraction of sp³-hybridized carbons (Fsp3) is 0.263. The van der Waals surface area contributed by atoms with E-state index < -0.39 is 21.7 Å². The summed E-state index contributed by atoms with van der Waals surface area (Å²) in [6, 6.07) is 8.63. The summed E-state index contributed by atoms with van der Waals surface area (Å²) >= 11 is 17.8. The van der Waals surface area contributed by atoms with Gasteiger partial charge in [0.25, 0.3) is 5.91 Å². The molecule has 0 aliphatic heterocycles. The first kappa shape index (κ1) is 23.5. The monoisotopic (exact) mass is 476 g/mol. The molecule has 2 aromatic carbocycles. The summed E-state index contributed by atoms with van der Waals surface area (Å²) < 4.78 is 23.7. The molecule has 2 rings (SSSR count). The van der Waals surface area contributed by atoms with Crippen molar-refractivity contribution >= 4 is 62.1 Å². The minimum Gasteiger partial charge on any atom is -0.329 e. The Morgan fingerprint density at radius 3 is 2.31 bits per heavy atom. The van der Waals surface area contributed by atoms with Crippen molar-refractivity contribution in [2.45, 2.75) is 18.2 Å². The van der Waals surface area contributed by atoms with E-state index in [1.807, 2.05) is 6.92 Å². The van der Waals surface area contributed by atoms with Crippen LogP contribution >= 0.6 is 34.8 Å². The molecule has 0 fully saturated rings. The van der Waals surface area contributed by atoms with Gasteiger partial charge in [0.15, 0.2) is 9.84 Å². The number of nitrogens with one attached hydrogen (secondary N) is 1. The Morgan fingerprint density at radius 1 is 1.03 bits per heavy atom. The SMILES string of the molecule is CCCN(CC(=O)Nc1ccc(Cl)cc1Cl)C(=O)c1ccc(Cl)c(S(C)(=O)=O)c1. The zero-order valence-electron chi connectivity index (χ0n) is 15.7. The van der Waals surface area contributed by atoms with Crippen molar-refractivity contribution in [3.8, 4) is 0 Å². The second-order valence-electron chi connectivity index (χ2n) is 6.32. The van der Waals surface area contributed by atoms with E-state index in [0.717, 1.165) is 6.26 Å². The van der Waals surface area contributed by atoms with E-state index in [1.54, 1.807) is 12.1 Å². The topological polar surface area (TPSA) is 83.6 Å². The lowest BCUT2D eigenvalue weighted by Gasteiger charge is -2.22. The number of hydrogen-bond acceptors (Lipinski definition) is 4. The molecule has 2 amide bonds. The molecular formula is C19H19Cl3N2O4S. The summed E-state index contributed by atoms with van der Waals surface area (Å²) in [6.45, 7) is 1.93. The molecule has 156 valence electrons. The molecule has 0 aliphatic carbocycles. The van der Waals surface area contributed by atoms with Crippen LogP contribution in [0.2, 0.25) is 15.1 Å². The molecular weight excluding hydrogens is 459 g/mol. The number of anilines is 1. The van der Waals surface area contributed by atoms with E-state index in [9.17, 15) is 18.0 Å². The second kappa shape index (κ2) is 9.80. The second-order valence-corrected chi connectivity index (χ2v) is 9.55. The summed E-state index contributed by atoms with van der Waals surface area (Å²) in [5.74, 6) is -0.931. The van der Waals surface area contributed by atoms with Gasteiger partial charge >= 0.3 is 0 Å². The van der Waals surface area contributed by atoms with Crippen LogP contribution in [0.1, 0.15) is 23.7 Å².